The number of para-hydroxylation sites is 2. The molecule has 0 unspecified atom stereocenters. The van der Waals surface area contributed by atoms with Crippen LogP contribution in [0, 0.1) is 0 Å². The molecule has 29 heavy (non-hydrogen) atoms. The summed E-state index contributed by atoms with van der Waals surface area (Å²) < 4.78 is 7.33. The molecule has 8 nitrogen and oxygen atoms in total. The van der Waals surface area contributed by atoms with Gasteiger partial charge >= 0.3 is 17.6 Å². The number of nitrogens with zero attached hydrogens (tertiary/aromatic N) is 6. The predicted octanol–water partition coefficient (Wildman–Crippen LogP) is 1.30. The largest absolute Gasteiger partial charge is 0.449 e. The van der Waals surface area contributed by atoms with Gasteiger partial charge in [-0.3, -0.25) is 9.13 Å². The number of hydrogen-bond acceptors (Lipinski definition) is 3. The van der Waals surface area contributed by atoms with Gasteiger partial charge in [-0.2, -0.15) is 9.55 Å². The summed E-state index contributed by atoms with van der Waals surface area (Å²) >= 11 is 0. The van der Waals surface area contributed by atoms with Gasteiger partial charge in [0.25, 0.3) is 0 Å². The number of imidazole rings is 2. The third-order valence-corrected chi connectivity index (χ3v) is 4.48. The minimum atomic E-state index is -0.468. The van der Waals surface area contributed by atoms with Crippen LogP contribution in [0.25, 0.3) is 23.3 Å². The van der Waals surface area contributed by atoms with Gasteiger partial charge < -0.3 is 0 Å². The Hall–Kier alpha value is -4.33. The highest BCUT2D eigenvalue weighted by atomic mass is 16.1. The molecule has 5 aromatic rings. The van der Waals surface area contributed by atoms with Gasteiger partial charge in [0.1, 0.15) is 0 Å². The number of aromatic nitrogens is 7. The van der Waals surface area contributed by atoms with E-state index < -0.39 is 5.69 Å². The zero-order chi connectivity index (χ0) is 19.6. The Balaban J connectivity index is 1.51. The molecule has 1 N–H and O–H groups in total. The molecule has 8 heteroatoms. The predicted molar refractivity (Wildman–Crippen MR) is 104 cm³/mol. The molecule has 0 aliphatic carbocycles. The Morgan fingerprint density at radius 3 is 1.90 bits per heavy atom. The standard InChI is InChI=1S/C21H16N7O/c29-21-23-19(27-13-11-25(15-27)17-7-3-1-4-8-17)22-20(24-21)28-14-12-26(16-28)18-9-5-2-6-10-18/h1-16H/q+1/p+1. The van der Waals surface area contributed by atoms with E-state index in [4.69, 9.17) is 0 Å². The Bertz CT molecular complexity index is 1220. The molecule has 0 aliphatic rings. The average Bonchev–Trinajstić information content (AvgIpc) is 3.45. The number of H-pyrrole nitrogens is 1. The fraction of sp³-hybridized carbons (Fsp3) is 0. The fourth-order valence-corrected chi connectivity index (χ4v) is 3.06. The van der Waals surface area contributed by atoms with Gasteiger partial charge in [0.15, 0.2) is 12.7 Å². The first-order valence-electron chi connectivity index (χ1n) is 9.05. The molecule has 0 spiro atoms. The lowest BCUT2D eigenvalue weighted by atomic mass is 10.3. The average molecular weight is 383 g/mol. The molecule has 140 valence electrons. The quantitative estimate of drug-likeness (QED) is 0.475. The van der Waals surface area contributed by atoms with E-state index in [-0.39, 0.29) is 0 Å². The first-order chi connectivity index (χ1) is 14.3. The second-order valence-electron chi connectivity index (χ2n) is 6.40. The summed E-state index contributed by atoms with van der Waals surface area (Å²) in [6.45, 7) is 0. The van der Waals surface area contributed by atoms with Crippen molar-refractivity contribution in [3.05, 3.63) is 109 Å². The van der Waals surface area contributed by atoms with E-state index in [2.05, 4.69) is 15.0 Å². The topological polar surface area (TPSA) is 76.3 Å². The number of hydrogen-bond donors (Lipinski definition) is 1. The molecule has 2 aromatic carbocycles. The summed E-state index contributed by atoms with van der Waals surface area (Å²) in [7, 11) is 0. The lowest BCUT2D eigenvalue weighted by molar-refractivity contribution is -0.615. The van der Waals surface area contributed by atoms with E-state index in [9.17, 15) is 4.79 Å². The van der Waals surface area contributed by atoms with E-state index in [0.29, 0.717) is 11.9 Å². The van der Waals surface area contributed by atoms with Crippen LogP contribution >= 0.6 is 0 Å². The lowest BCUT2D eigenvalue weighted by Gasteiger charge is -1.97. The molecule has 0 amide bonds. The van der Waals surface area contributed by atoms with Crippen molar-refractivity contribution < 1.29 is 9.13 Å². The molecule has 0 atom stereocenters. The first kappa shape index (κ1) is 16.8. The number of rotatable bonds is 4. The van der Waals surface area contributed by atoms with Crippen LogP contribution in [0.4, 0.5) is 0 Å². The minimum Gasteiger partial charge on any atom is -0.254 e. The van der Waals surface area contributed by atoms with Crippen molar-refractivity contribution in [2.24, 2.45) is 0 Å². The van der Waals surface area contributed by atoms with Crippen molar-refractivity contribution in [1.82, 2.24) is 24.1 Å². The summed E-state index contributed by atoms with van der Waals surface area (Å²) in [6.07, 6.45) is 11.1. The van der Waals surface area contributed by atoms with E-state index in [1.807, 2.05) is 107 Å². The molecule has 5 rings (SSSR count). The molecule has 3 aromatic heterocycles. The van der Waals surface area contributed by atoms with Gasteiger partial charge in [-0.25, -0.2) is 9.36 Å². The molecular weight excluding hydrogens is 366 g/mol. The van der Waals surface area contributed by atoms with Crippen molar-refractivity contribution in [3.8, 4) is 23.3 Å². The van der Waals surface area contributed by atoms with Crippen LogP contribution in [-0.2, 0) is 0 Å². The molecule has 0 saturated carbocycles. The Morgan fingerprint density at radius 2 is 1.28 bits per heavy atom. The van der Waals surface area contributed by atoms with Crippen molar-refractivity contribution in [2.45, 2.75) is 0 Å². The van der Waals surface area contributed by atoms with Gasteiger partial charge in [0, 0.05) is 0 Å². The summed E-state index contributed by atoms with van der Waals surface area (Å²) in [5.41, 5.74) is 1.55. The zero-order valence-electron chi connectivity index (χ0n) is 15.3. The lowest BCUT2D eigenvalue weighted by Crippen LogP contribution is -2.40. The molecule has 3 heterocycles. The van der Waals surface area contributed by atoms with Crippen LogP contribution in [0.15, 0.2) is 103 Å². The monoisotopic (exact) mass is 383 g/mol. The highest BCUT2D eigenvalue weighted by Crippen LogP contribution is 2.06. The normalized spacial score (nSPS) is 10.9. The Labute approximate surface area is 165 Å². The maximum atomic E-state index is 12.2. The first-order valence-corrected chi connectivity index (χ1v) is 9.05. The van der Waals surface area contributed by atoms with Crippen molar-refractivity contribution in [1.29, 1.82) is 0 Å². The van der Waals surface area contributed by atoms with Crippen molar-refractivity contribution in [2.75, 3.05) is 0 Å². The number of aromatic amines is 1. The number of benzene rings is 2. The van der Waals surface area contributed by atoms with Crippen LogP contribution in [-0.4, -0.2) is 24.1 Å². The Morgan fingerprint density at radius 1 is 0.724 bits per heavy atom. The summed E-state index contributed by atoms with van der Waals surface area (Å²) in [6, 6.07) is 19.8. The smallest absolute Gasteiger partial charge is 0.254 e. The van der Waals surface area contributed by atoms with Crippen LogP contribution in [0.5, 0.6) is 0 Å². The highest BCUT2D eigenvalue weighted by Gasteiger charge is 2.18. The third-order valence-electron chi connectivity index (χ3n) is 4.48. The van der Waals surface area contributed by atoms with E-state index >= 15 is 0 Å². The number of nitrogens with one attached hydrogen (secondary N) is 1. The second kappa shape index (κ2) is 7.01. The SMILES string of the molecule is O=c1nc(-[n+]2ccn(-c3ccccc3)c2)nc(-[n+]2ccn(-c3ccccc3)c2)[nH]1. The maximum absolute atomic E-state index is 12.2. The van der Waals surface area contributed by atoms with Crippen LogP contribution in [0.1, 0.15) is 0 Å². The molecule has 0 saturated heterocycles. The highest BCUT2D eigenvalue weighted by molar-refractivity contribution is 5.31. The van der Waals surface area contributed by atoms with Gasteiger partial charge in [-0.1, -0.05) is 36.4 Å². The van der Waals surface area contributed by atoms with Crippen LogP contribution in [0.2, 0.25) is 0 Å². The second-order valence-corrected chi connectivity index (χ2v) is 6.40. The maximum Gasteiger partial charge on any atom is 0.449 e. The van der Waals surface area contributed by atoms with Crippen LogP contribution in [0.3, 0.4) is 0 Å². The fourth-order valence-electron chi connectivity index (χ4n) is 3.06. The summed E-state index contributed by atoms with van der Waals surface area (Å²) in [5.74, 6) is 0.674. The third kappa shape index (κ3) is 3.34. The van der Waals surface area contributed by atoms with Gasteiger partial charge in [-0.05, 0) is 34.2 Å². The molecule has 0 radical (unpaired) electrons. The molecule has 0 bridgehead atoms. The van der Waals surface area contributed by atoms with Crippen molar-refractivity contribution >= 4 is 0 Å². The van der Waals surface area contributed by atoms with Crippen LogP contribution < -0.4 is 14.8 Å². The molecular formula is C21H17N7O+2. The van der Waals surface area contributed by atoms with Crippen molar-refractivity contribution in [3.63, 3.8) is 0 Å². The Kier molecular flexibility index (Phi) is 4.06. The van der Waals surface area contributed by atoms with E-state index in [1.54, 1.807) is 9.13 Å². The van der Waals surface area contributed by atoms with E-state index in [0.717, 1.165) is 11.4 Å². The van der Waals surface area contributed by atoms with Gasteiger partial charge in [0.2, 0.25) is 0 Å². The summed E-state index contributed by atoms with van der Waals surface area (Å²) in [4.78, 5) is 23.4. The van der Waals surface area contributed by atoms with Gasteiger partial charge in [0.05, 0.1) is 36.2 Å². The minimum absolute atomic E-state index is 0.290. The molecule has 0 aliphatic heterocycles. The van der Waals surface area contributed by atoms with E-state index in [1.165, 1.54) is 0 Å². The zero-order valence-corrected chi connectivity index (χ0v) is 15.3. The van der Waals surface area contributed by atoms with Gasteiger partial charge in [-0.15, -0.1) is 0 Å². The summed E-state index contributed by atoms with van der Waals surface area (Å²) in [5, 5.41) is 0. The molecule has 0 fully saturated rings.